The Labute approximate surface area is 247 Å². The third kappa shape index (κ3) is 4.36. The predicted molar refractivity (Wildman–Crippen MR) is 158 cm³/mol. The number of phenols is 1. The maximum Gasteiger partial charge on any atom is 0.255 e. The monoisotopic (exact) mass is 590 g/mol. The Bertz CT molecular complexity index is 1670. The summed E-state index contributed by atoms with van der Waals surface area (Å²) in [4.78, 5) is 54.5. The summed E-state index contributed by atoms with van der Waals surface area (Å²) in [7, 11) is 6.69. The molecule has 7 N–H and O–H groups in total. The number of primary amides is 1. The number of nitrogens with zero attached hydrogens (tertiary/aromatic N) is 2. The highest BCUT2D eigenvalue weighted by Crippen LogP contribution is 2.55. The van der Waals surface area contributed by atoms with Crippen LogP contribution in [-0.4, -0.2) is 88.5 Å². The molecule has 0 saturated heterocycles. The zero-order valence-electron chi connectivity index (χ0n) is 24.4. The van der Waals surface area contributed by atoms with Gasteiger partial charge in [0, 0.05) is 49.4 Å². The number of nitrogens with one attached hydrogen (secondary N) is 1. The van der Waals surface area contributed by atoms with Crippen LogP contribution in [0.5, 0.6) is 5.75 Å². The molecule has 0 radical (unpaired) electrons. The molecule has 0 aliphatic heterocycles. The maximum atomic E-state index is 14.1. The second-order valence-corrected chi connectivity index (χ2v) is 11.8. The number of aliphatic hydroxyl groups excluding tert-OH is 2. The number of carbonyl (C=O) groups excluding carboxylic acids is 4. The van der Waals surface area contributed by atoms with Gasteiger partial charge in [-0.2, -0.15) is 0 Å². The third-order valence-electron chi connectivity index (χ3n) is 8.67. The van der Waals surface area contributed by atoms with Crippen LogP contribution in [0.25, 0.3) is 16.9 Å². The van der Waals surface area contributed by atoms with E-state index in [1.807, 2.05) is 0 Å². The molecule has 1 fully saturated rings. The number of ketones is 2. The molecule has 2 aromatic rings. The van der Waals surface area contributed by atoms with Gasteiger partial charge in [0.1, 0.15) is 22.8 Å². The van der Waals surface area contributed by atoms with E-state index in [0.717, 1.165) is 0 Å². The molecule has 12 nitrogen and oxygen atoms in total. The quantitative estimate of drug-likeness (QED) is 0.279. The minimum atomic E-state index is -2.71. The van der Waals surface area contributed by atoms with E-state index in [9.17, 15) is 39.6 Å². The van der Waals surface area contributed by atoms with Gasteiger partial charge in [-0.05, 0) is 62.2 Å². The standard InChI is InChI=1S/C31H34N4O8/c1-13(36)33-16-8-6-7-14(9-16)17-12-20(34(2)3)18-10-15-11-19-24(35(4)5)27(39)23(30(32)42)29(41)31(19,43)28(40)21(15)26(38)22(18)25(17)37/h6-9,12,15,19,24,37-38,41,43H,10-11H2,1-5H3,(H2,32,42)(H,33,36). The smallest absolute Gasteiger partial charge is 0.255 e. The van der Waals surface area contributed by atoms with Crippen molar-refractivity contribution >= 4 is 40.5 Å². The van der Waals surface area contributed by atoms with E-state index in [1.165, 1.54) is 11.8 Å². The van der Waals surface area contributed by atoms with Crippen LogP contribution < -0.4 is 16.0 Å². The van der Waals surface area contributed by atoms with Crippen molar-refractivity contribution in [1.82, 2.24) is 4.90 Å². The Morgan fingerprint density at radius 3 is 2.33 bits per heavy atom. The number of phenolic OH excluding ortho intramolecular Hbond substituents is 1. The number of carbonyl (C=O) groups is 4. The van der Waals surface area contributed by atoms with Crippen LogP contribution in [0, 0.1) is 11.8 Å². The summed E-state index contributed by atoms with van der Waals surface area (Å²) in [6.07, 6.45) is 0.168. The molecule has 2 amide bonds. The number of hydrogen-bond acceptors (Lipinski definition) is 10. The van der Waals surface area contributed by atoms with Gasteiger partial charge < -0.3 is 36.4 Å². The van der Waals surface area contributed by atoms with Gasteiger partial charge in [-0.3, -0.25) is 24.1 Å². The number of aliphatic hydroxyl groups is 3. The lowest BCUT2D eigenvalue weighted by Crippen LogP contribution is -2.65. The second kappa shape index (κ2) is 10.2. The third-order valence-corrected chi connectivity index (χ3v) is 8.67. The fourth-order valence-corrected chi connectivity index (χ4v) is 6.88. The van der Waals surface area contributed by atoms with E-state index >= 15 is 0 Å². The van der Waals surface area contributed by atoms with Crippen molar-refractivity contribution in [3.05, 3.63) is 58.4 Å². The number of hydrogen-bond donors (Lipinski definition) is 6. The highest BCUT2D eigenvalue weighted by atomic mass is 16.3. The summed E-state index contributed by atoms with van der Waals surface area (Å²) < 4.78 is 0. The highest BCUT2D eigenvalue weighted by Gasteiger charge is 2.64. The van der Waals surface area contributed by atoms with E-state index in [1.54, 1.807) is 63.4 Å². The summed E-state index contributed by atoms with van der Waals surface area (Å²) in [5, 5.41) is 48.9. The first-order chi connectivity index (χ1) is 20.1. The average Bonchev–Trinajstić information content (AvgIpc) is 2.90. The number of benzene rings is 2. The van der Waals surface area contributed by atoms with Crippen LogP contribution in [0.2, 0.25) is 0 Å². The molecule has 0 bridgehead atoms. The maximum absolute atomic E-state index is 14.1. The number of fused-ring (bicyclic) bond motifs is 3. The number of rotatable bonds is 5. The van der Waals surface area contributed by atoms with Crippen molar-refractivity contribution in [2.24, 2.45) is 17.6 Å². The van der Waals surface area contributed by atoms with E-state index in [0.29, 0.717) is 28.1 Å². The van der Waals surface area contributed by atoms with E-state index < -0.39 is 58.0 Å². The molecule has 0 spiro atoms. The fraction of sp³-hybridized carbons (Fsp3) is 0.355. The van der Waals surface area contributed by atoms with Gasteiger partial charge in [0.15, 0.2) is 11.4 Å². The molecule has 0 aromatic heterocycles. The Balaban J connectivity index is 1.75. The molecular formula is C31H34N4O8. The number of likely N-dealkylation sites (N-methyl/N-ethyl adjacent to an activating group) is 1. The van der Waals surface area contributed by atoms with Crippen molar-refractivity contribution in [3.63, 3.8) is 0 Å². The highest BCUT2D eigenvalue weighted by molar-refractivity contribution is 6.24. The predicted octanol–water partition coefficient (Wildman–Crippen LogP) is 1.66. The first-order valence-corrected chi connectivity index (χ1v) is 13.7. The number of nitrogens with two attached hydrogens (primary N) is 1. The van der Waals surface area contributed by atoms with Gasteiger partial charge in [-0.25, -0.2) is 0 Å². The van der Waals surface area contributed by atoms with Gasteiger partial charge in [0.05, 0.1) is 11.6 Å². The first-order valence-electron chi connectivity index (χ1n) is 13.7. The van der Waals surface area contributed by atoms with Crippen LogP contribution in [-0.2, 0) is 25.6 Å². The number of Topliss-reactive ketones (excluding diaryl/α,β-unsaturated/α-hetero) is 2. The zero-order chi connectivity index (χ0) is 31.7. The molecule has 226 valence electrons. The van der Waals surface area contributed by atoms with Crippen LogP contribution in [0.4, 0.5) is 11.4 Å². The summed E-state index contributed by atoms with van der Waals surface area (Å²) in [5.74, 6) is -7.31. The molecule has 2 aromatic carbocycles. The molecule has 43 heavy (non-hydrogen) atoms. The van der Waals surface area contributed by atoms with E-state index in [2.05, 4.69) is 5.32 Å². The van der Waals surface area contributed by atoms with Crippen molar-refractivity contribution in [2.75, 3.05) is 38.4 Å². The number of amides is 2. The summed E-state index contributed by atoms with van der Waals surface area (Å²) in [6.45, 7) is 1.37. The van der Waals surface area contributed by atoms with E-state index in [4.69, 9.17) is 5.73 Å². The minimum Gasteiger partial charge on any atom is -0.508 e. The molecule has 12 heteroatoms. The lowest BCUT2D eigenvalue weighted by atomic mass is 9.57. The average molecular weight is 591 g/mol. The fourth-order valence-electron chi connectivity index (χ4n) is 6.88. The Morgan fingerprint density at radius 2 is 1.74 bits per heavy atom. The molecule has 4 atom stereocenters. The minimum absolute atomic E-state index is 0.0000944. The van der Waals surface area contributed by atoms with Gasteiger partial charge >= 0.3 is 0 Å². The topological polar surface area (TPSA) is 194 Å². The normalized spacial score (nSPS) is 24.9. The Hall–Kier alpha value is -4.68. The second-order valence-electron chi connectivity index (χ2n) is 11.8. The van der Waals surface area contributed by atoms with Crippen molar-refractivity contribution < 1.29 is 39.6 Å². The van der Waals surface area contributed by atoms with Crippen LogP contribution >= 0.6 is 0 Å². The first kappa shape index (κ1) is 29.8. The Kier molecular flexibility index (Phi) is 7.10. The van der Waals surface area contributed by atoms with Crippen molar-refractivity contribution in [1.29, 1.82) is 0 Å². The summed E-state index contributed by atoms with van der Waals surface area (Å²) >= 11 is 0. The van der Waals surface area contributed by atoms with Crippen LogP contribution in [0.15, 0.2) is 47.2 Å². The molecule has 0 heterocycles. The molecule has 3 aliphatic rings. The lowest BCUT2D eigenvalue weighted by Gasteiger charge is -2.50. The van der Waals surface area contributed by atoms with Gasteiger partial charge in [0.25, 0.3) is 5.91 Å². The molecule has 3 aliphatic carbocycles. The number of aromatic hydroxyl groups is 1. The molecule has 5 rings (SSSR count). The molecule has 4 unspecified atom stereocenters. The van der Waals surface area contributed by atoms with Gasteiger partial charge in [0.2, 0.25) is 11.7 Å². The summed E-state index contributed by atoms with van der Waals surface area (Å²) in [6, 6.07) is 7.35. The van der Waals surface area contributed by atoms with Crippen LogP contribution in [0.1, 0.15) is 24.5 Å². The van der Waals surface area contributed by atoms with Gasteiger partial charge in [-0.1, -0.05) is 12.1 Å². The van der Waals surface area contributed by atoms with Crippen molar-refractivity contribution in [3.8, 4) is 16.9 Å². The molecule has 1 saturated carbocycles. The van der Waals surface area contributed by atoms with Crippen molar-refractivity contribution in [2.45, 2.75) is 31.4 Å². The lowest BCUT2D eigenvalue weighted by molar-refractivity contribution is -0.153. The molecular weight excluding hydrogens is 556 g/mol. The van der Waals surface area contributed by atoms with Gasteiger partial charge in [-0.15, -0.1) is 0 Å². The van der Waals surface area contributed by atoms with E-state index in [-0.39, 0.29) is 35.6 Å². The number of anilines is 2. The Morgan fingerprint density at radius 1 is 1.07 bits per heavy atom. The van der Waals surface area contributed by atoms with Crippen LogP contribution in [0.3, 0.4) is 0 Å². The zero-order valence-corrected chi connectivity index (χ0v) is 24.4. The SMILES string of the molecule is CC(=O)Nc1cccc(-c2cc(N(C)C)c3c(c2O)C(O)=C2C(=O)C4(O)C(O)=C(C(N)=O)C(=O)C(N(C)C)C4CC2C3)c1. The largest absolute Gasteiger partial charge is 0.508 e. The summed E-state index contributed by atoms with van der Waals surface area (Å²) in [5.41, 5.74) is 4.10.